The van der Waals surface area contributed by atoms with Crippen molar-refractivity contribution >= 4 is 17.4 Å². The lowest BCUT2D eigenvalue weighted by Gasteiger charge is -2.25. The molecule has 8 heteroatoms. The van der Waals surface area contributed by atoms with Crippen LogP contribution in [0.2, 0.25) is 0 Å². The number of likely N-dealkylation sites (tertiary alicyclic amines) is 1. The first-order chi connectivity index (χ1) is 16.6. The summed E-state index contributed by atoms with van der Waals surface area (Å²) in [7, 11) is 0. The topological polar surface area (TPSA) is 98.4 Å². The van der Waals surface area contributed by atoms with Gasteiger partial charge in [-0.2, -0.15) is 0 Å². The third-order valence-electron chi connectivity index (χ3n) is 5.75. The fourth-order valence-corrected chi connectivity index (χ4v) is 4.25. The minimum absolute atomic E-state index is 0.0121. The van der Waals surface area contributed by atoms with Crippen LogP contribution in [-0.4, -0.2) is 41.5 Å². The molecule has 0 spiro atoms. The van der Waals surface area contributed by atoms with E-state index >= 15 is 0 Å². The summed E-state index contributed by atoms with van der Waals surface area (Å²) in [5.74, 6) is 0.365. The molecule has 2 aliphatic rings. The normalized spacial score (nSPS) is 18.9. The van der Waals surface area contributed by atoms with Gasteiger partial charge in [0.25, 0.3) is 11.7 Å². The van der Waals surface area contributed by atoms with Gasteiger partial charge in [-0.25, -0.2) is 0 Å². The van der Waals surface area contributed by atoms with Crippen LogP contribution in [0.5, 0.6) is 17.2 Å². The van der Waals surface area contributed by atoms with Gasteiger partial charge in [-0.05, 0) is 55.0 Å². The highest BCUT2D eigenvalue weighted by molar-refractivity contribution is 6.46. The van der Waals surface area contributed by atoms with Gasteiger partial charge in [0, 0.05) is 5.56 Å². The zero-order valence-electron chi connectivity index (χ0n) is 18.5. The molecule has 1 atom stereocenters. The second-order valence-corrected chi connectivity index (χ2v) is 7.87. The van der Waals surface area contributed by atoms with Gasteiger partial charge in [0.15, 0.2) is 11.5 Å². The van der Waals surface area contributed by atoms with Crippen LogP contribution in [0.4, 0.5) is 0 Å². The average molecular weight is 461 g/mol. The van der Waals surface area contributed by atoms with E-state index in [1.54, 1.807) is 54.6 Å². The van der Waals surface area contributed by atoms with Crippen molar-refractivity contribution in [3.05, 3.63) is 83.3 Å². The molecule has 1 fully saturated rings. The van der Waals surface area contributed by atoms with Crippen molar-refractivity contribution in [1.82, 2.24) is 4.90 Å². The Hall–Kier alpha value is -4.20. The Morgan fingerprint density at radius 3 is 2.65 bits per heavy atom. The minimum atomic E-state index is -0.835. The van der Waals surface area contributed by atoms with E-state index in [1.807, 2.05) is 6.92 Å². The first-order valence-corrected chi connectivity index (χ1v) is 11.0. The number of ketones is 1. The molecule has 1 aromatic heterocycles. The van der Waals surface area contributed by atoms with E-state index in [2.05, 4.69) is 0 Å². The maximum absolute atomic E-state index is 13.2. The fraction of sp³-hybridized carbons (Fsp3) is 0.231. The number of ether oxygens (including phenoxy) is 3. The Balaban J connectivity index is 1.63. The predicted molar refractivity (Wildman–Crippen MR) is 122 cm³/mol. The molecule has 2 aliphatic heterocycles. The van der Waals surface area contributed by atoms with Crippen molar-refractivity contribution in [3.63, 3.8) is 0 Å². The number of fused-ring (bicyclic) bond motifs is 1. The van der Waals surface area contributed by atoms with E-state index < -0.39 is 17.7 Å². The Kier molecular flexibility index (Phi) is 5.71. The van der Waals surface area contributed by atoms with Gasteiger partial charge in [0.1, 0.15) is 30.5 Å². The van der Waals surface area contributed by atoms with Gasteiger partial charge in [-0.3, -0.25) is 9.59 Å². The summed E-state index contributed by atoms with van der Waals surface area (Å²) in [5.41, 5.74) is 0.976. The summed E-state index contributed by atoms with van der Waals surface area (Å²) in [6.45, 7) is 3.23. The van der Waals surface area contributed by atoms with Crippen LogP contribution in [0.3, 0.4) is 0 Å². The zero-order chi connectivity index (χ0) is 23.7. The first-order valence-electron chi connectivity index (χ1n) is 11.0. The van der Waals surface area contributed by atoms with Gasteiger partial charge in [-0.1, -0.05) is 12.1 Å². The number of amides is 1. The third kappa shape index (κ3) is 3.87. The van der Waals surface area contributed by atoms with Crippen molar-refractivity contribution in [2.75, 3.05) is 19.8 Å². The van der Waals surface area contributed by atoms with Crippen LogP contribution in [0.25, 0.3) is 5.76 Å². The van der Waals surface area contributed by atoms with Crippen molar-refractivity contribution in [1.29, 1.82) is 0 Å². The smallest absolute Gasteiger partial charge is 0.296 e. The molecular weight excluding hydrogens is 438 g/mol. The summed E-state index contributed by atoms with van der Waals surface area (Å²) < 4.78 is 22.2. The van der Waals surface area contributed by atoms with Crippen molar-refractivity contribution in [3.8, 4) is 17.2 Å². The molecule has 174 valence electrons. The highest BCUT2D eigenvalue weighted by atomic mass is 16.6. The molecule has 3 aromatic rings. The van der Waals surface area contributed by atoms with Crippen molar-refractivity contribution in [2.45, 2.75) is 19.5 Å². The highest BCUT2D eigenvalue weighted by Crippen LogP contribution is 2.42. The average Bonchev–Trinajstić information content (AvgIpc) is 3.46. The van der Waals surface area contributed by atoms with E-state index in [9.17, 15) is 14.7 Å². The van der Waals surface area contributed by atoms with Gasteiger partial charge < -0.3 is 28.6 Å². The molecule has 1 N–H and O–H groups in total. The Morgan fingerprint density at radius 2 is 1.88 bits per heavy atom. The van der Waals surface area contributed by atoms with Gasteiger partial charge in [-0.15, -0.1) is 0 Å². The Morgan fingerprint density at radius 1 is 1.06 bits per heavy atom. The molecule has 34 heavy (non-hydrogen) atoms. The van der Waals surface area contributed by atoms with Crippen LogP contribution >= 0.6 is 0 Å². The quantitative estimate of drug-likeness (QED) is 0.336. The first kappa shape index (κ1) is 21.6. The predicted octanol–water partition coefficient (Wildman–Crippen LogP) is 4.07. The van der Waals surface area contributed by atoms with E-state index in [1.165, 1.54) is 11.2 Å². The number of nitrogens with zero attached hydrogens (tertiary/aromatic N) is 1. The number of Topliss-reactive ketones (excluding diaryl/α,β-unsaturated/α-hetero) is 1. The number of carbonyl (C=O) groups excluding carboxylic acids is 2. The largest absolute Gasteiger partial charge is 0.507 e. The monoisotopic (exact) mass is 461 g/mol. The molecule has 8 nitrogen and oxygen atoms in total. The summed E-state index contributed by atoms with van der Waals surface area (Å²) in [4.78, 5) is 27.7. The standard InChI is InChI=1S/C26H23NO7/c1-2-31-18-6-3-5-16(13-18)23-22(25(29)26(30)27(23)15-19-7-4-10-32-19)24(28)17-8-9-20-21(14-17)34-12-11-33-20/h3-10,13-14,23,28H,2,11-12,15H2,1H3. The highest BCUT2D eigenvalue weighted by Gasteiger charge is 2.46. The number of benzene rings is 2. The summed E-state index contributed by atoms with van der Waals surface area (Å²) in [6, 6.07) is 14.7. The molecule has 1 unspecified atom stereocenters. The van der Waals surface area contributed by atoms with Crippen molar-refractivity contribution in [2.24, 2.45) is 0 Å². The second kappa shape index (κ2) is 8.97. The minimum Gasteiger partial charge on any atom is -0.507 e. The van der Waals surface area contributed by atoms with E-state index in [0.717, 1.165) is 0 Å². The number of hydrogen-bond acceptors (Lipinski definition) is 7. The second-order valence-electron chi connectivity index (χ2n) is 7.87. The third-order valence-corrected chi connectivity index (χ3v) is 5.75. The van der Waals surface area contributed by atoms with Crippen LogP contribution in [0, 0.1) is 0 Å². The molecule has 0 saturated carbocycles. The molecule has 1 amide bonds. The Labute approximate surface area is 196 Å². The molecule has 3 heterocycles. The lowest BCUT2D eigenvalue weighted by atomic mass is 9.95. The molecular formula is C26H23NO7. The van der Waals surface area contributed by atoms with Crippen LogP contribution < -0.4 is 14.2 Å². The van der Waals surface area contributed by atoms with E-state index in [4.69, 9.17) is 18.6 Å². The van der Waals surface area contributed by atoms with Gasteiger partial charge >= 0.3 is 0 Å². The van der Waals surface area contributed by atoms with E-state index in [0.29, 0.717) is 54.0 Å². The maximum atomic E-state index is 13.2. The van der Waals surface area contributed by atoms with Crippen LogP contribution in [0.1, 0.15) is 29.9 Å². The van der Waals surface area contributed by atoms with Gasteiger partial charge in [0.05, 0.1) is 31.0 Å². The van der Waals surface area contributed by atoms with Crippen LogP contribution in [0.15, 0.2) is 70.9 Å². The number of rotatable bonds is 6. The molecule has 0 aliphatic carbocycles. The number of aliphatic hydroxyl groups excluding tert-OH is 1. The number of aliphatic hydroxyl groups is 1. The molecule has 1 saturated heterocycles. The molecule has 0 radical (unpaired) electrons. The molecule has 0 bridgehead atoms. The summed E-state index contributed by atoms with van der Waals surface area (Å²) in [6.07, 6.45) is 1.51. The van der Waals surface area contributed by atoms with Crippen molar-refractivity contribution < 1.29 is 33.3 Å². The molecule has 2 aromatic carbocycles. The Bertz CT molecular complexity index is 1260. The fourth-order valence-electron chi connectivity index (χ4n) is 4.25. The van der Waals surface area contributed by atoms with Crippen LogP contribution in [-0.2, 0) is 16.1 Å². The lowest BCUT2D eigenvalue weighted by Crippen LogP contribution is -2.29. The maximum Gasteiger partial charge on any atom is 0.296 e. The lowest BCUT2D eigenvalue weighted by molar-refractivity contribution is -0.140. The summed E-state index contributed by atoms with van der Waals surface area (Å²) >= 11 is 0. The van der Waals surface area contributed by atoms with Gasteiger partial charge in [0.2, 0.25) is 0 Å². The number of hydrogen-bond donors (Lipinski definition) is 1. The van der Waals surface area contributed by atoms with E-state index in [-0.39, 0.29) is 17.9 Å². The zero-order valence-corrected chi connectivity index (χ0v) is 18.5. The number of furan rings is 1. The summed E-state index contributed by atoms with van der Waals surface area (Å²) in [5, 5.41) is 11.3. The number of carbonyl (C=O) groups is 2. The SMILES string of the molecule is CCOc1cccc(C2C(=C(O)c3ccc4c(c3)OCCO4)C(=O)C(=O)N2Cc2ccco2)c1. The molecule has 5 rings (SSSR count).